The molecule has 0 aromatic carbocycles. The van der Waals surface area contributed by atoms with Crippen LogP contribution in [-0.2, 0) is 28.8 Å². The minimum absolute atomic E-state index is 0.0505. The standard InChI is InChI=1S/C25H23N7O7S/c1-12(33)39-30-18(15-11-40-25(26)28-15)21(34)29-19-16-6-5-13(20(24(37)38)32(16)23(19)36)10-14-7-9-31(22(14)35)17-4-2-3-8-27-17/h2-4,8,10-11,16,19H,5-7,9H2,1H3,(H2,26,28)(H,29,34)(H,37,38)/b14-10-,30-18-/t16-,19+/m1/s1. The van der Waals surface area contributed by atoms with Crippen molar-refractivity contribution in [3.05, 3.63) is 58.4 Å². The van der Waals surface area contributed by atoms with Gasteiger partial charge in [0.1, 0.15) is 23.3 Å². The van der Waals surface area contributed by atoms with Gasteiger partial charge >= 0.3 is 11.9 Å². The van der Waals surface area contributed by atoms with Crippen LogP contribution in [0.3, 0.4) is 0 Å². The number of carbonyl (C=O) groups is 5. The quantitative estimate of drug-likeness (QED) is 0.140. The molecule has 2 atom stereocenters. The number of aliphatic carboxylic acids is 1. The van der Waals surface area contributed by atoms with Crippen LogP contribution >= 0.6 is 11.3 Å². The number of anilines is 2. The summed E-state index contributed by atoms with van der Waals surface area (Å²) in [7, 11) is 0. The first-order chi connectivity index (χ1) is 19.2. The lowest BCUT2D eigenvalue weighted by Crippen LogP contribution is -2.72. The van der Waals surface area contributed by atoms with E-state index in [1.165, 1.54) is 10.3 Å². The Labute approximate surface area is 230 Å². The van der Waals surface area contributed by atoms with E-state index in [2.05, 4.69) is 25.3 Å². The van der Waals surface area contributed by atoms with Gasteiger partial charge in [0.25, 0.3) is 17.7 Å². The van der Waals surface area contributed by atoms with Crippen LogP contribution in [0.4, 0.5) is 10.9 Å². The van der Waals surface area contributed by atoms with Gasteiger partial charge in [-0.1, -0.05) is 11.2 Å². The van der Waals surface area contributed by atoms with Crippen LogP contribution < -0.4 is 16.0 Å². The number of nitrogens with two attached hydrogens (primary N) is 1. The number of carboxylic acid groups (broad SMARTS) is 1. The molecule has 2 aromatic rings. The zero-order chi connectivity index (χ0) is 28.6. The van der Waals surface area contributed by atoms with Gasteiger partial charge in [0.15, 0.2) is 10.8 Å². The number of nitrogens with one attached hydrogen (secondary N) is 1. The second kappa shape index (κ2) is 10.7. The highest BCUT2D eigenvalue weighted by Gasteiger charge is 2.53. The third-order valence-electron chi connectivity index (χ3n) is 6.61. The Morgan fingerprint density at radius 2 is 2.08 bits per heavy atom. The normalized spacial score (nSPS) is 21.8. The van der Waals surface area contributed by atoms with Crippen molar-refractivity contribution in [3.8, 4) is 0 Å². The third kappa shape index (κ3) is 4.93. The van der Waals surface area contributed by atoms with E-state index in [0.29, 0.717) is 36.4 Å². The summed E-state index contributed by atoms with van der Waals surface area (Å²) >= 11 is 1.04. The van der Waals surface area contributed by atoms with E-state index in [1.807, 2.05) is 0 Å². The minimum atomic E-state index is -1.32. The van der Waals surface area contributed by atoms with Crippen molar-refractivity contribution in [1.29, 1.82) is 0 Å². The lowest BCUT2D eigenvalue weighted by atomic mass is 9.82. The topological polar surface area (TPSA) is 197 Å². The zero-order valence-electron chi connectivity index (χ0n) is 21.1. The Kier molecular flexibility index (Phi) is 7.13. The molecule has 0 unspecified atom stereocenters. The number of nitrogen functional groups attached to an aromatic ring is 1. The van der Waals surface area contributed by atoms with E-state index in [9.17, 15) is 29.1 Å². The Bertz CT molecular complexity index is 1510. The lowest BCUT2D eigenvalue weighted by molar-refractivity contribution is -0.155. The molecule has 0 radical (unpaired) electrons. The van der Waals surface area contributed by atoms with Crippen molar-refractivity contribution in [1.82, 2.24) is 20.2 Å². The summed E-state index contributed by atoms with van der Waals surface area (Å²) in [4.78, 5) is 78.1. The maximum absolute atomic E-state index is 13.1. The highest BCUT2D eigenvalue weighted by atomic mass is 32.1. The van der Waals surface area contributed by atoms with Crippen LogP contribution in [0.5, 0.6) is 0 Å². The lowest BCUT2D eigenvalue weighted by Gasteiger charge is -2.50. The average Bonchev–Trinajstić information content (AvgIpc) is 3.52. The molecule has 3 aliphatic heterocycles. The van der Waals surface area contributed by atoms with Gasteiger partial charge in [0, 0.05) is 30.6 Å². The minimum Gasteiger partial charge on any atom is -0.477 e. The van der Waals surface area contributed by atoms with E-state index < -0.39 is 35.8 Å². The number of rotatable bonds is 7. The predicted octanol–water partition coefficient (Wildman–Crippen LogP) is 0.579. The molecule has 206 valence electrons. The number of carboxylic acids is 1. The van der Waals surface area contributed by atoms with Crippen LogP contribution in [0.2, 0.25) is 0 Å². The van der Waals surface area contributed by atoms with Crippen molar-refractivity contribution in [2.45, 2.75) is 38.3 Å². The molecule has 4 N–H and O–H groups in total. The molecule has 2 fully saturated rings. The van der Waals surface area contributed by atoms with Gasteiger partial charge in [-0.15, -0.1) is 11.3 Å². The molecule has 3 amide bonds. The summed E-state index contributed by atoms with van der Waals surface area (Å²) in [5, 5.41) is 17.7. The van der Waals surface area contributed by atoms with E-state index in [1.54, 1.807) is 30.5 Å². The number of β-lactam (4-membered cyclic amide) rings is 1. The largest absolute Gasteiger partial charge is 0.477 e. The van der Waals surface area contributed by atoms with Gasteiger partial charge in [0.05, 0.1) is 6.04 Å². The third-order valence-corrected chi connectivity index (χ3v) is 7.28. The summed E-state index contributed by atoms with van der Waals surface area (Å²) in [6.45, 7) is 1.50. The van der Waals surface area contributed by atoms with E-state index >= 15 is 0 Å². The predicted molar refractivity (Wildman–Crippen MR) is 141 cm³/mol. The van der Waals surface area contributed by atoms with E-state index in [0.717, 1.165) is 23.2 Å². The molecule has 5 heterocycles. The molecule has 3 aliphatic rings. The fraction of sp³-hybridized carbons (Fsp3) is 0.280. The van der Waals surface area contributed by atoms with Crippen molar-refractivity contribution in [2.24, 2.45) is 5.16 Å². The smallest absolute Gasteiger partial charge is 0.352 e. The molecule has 40 heavy (non-hydrogen) atoms. The molecule has 0 bridgehead atoms. The maximum atomic E-state index is 13.1. The summed E-state index contributed by atoms with van der Waals surface area (Å²) in [5.41, 5.74) is 5.87. The number of pyridine rings is 1. The number of carbonyl (C=O) groups excluding carboxylic acids is 4. The van der Waals surface area contributed by atoms with Gasteiger partial charge in [-0.25, -0.2) is 19.6 Å². The SMILES string of the molecule is CC(=O)O/N=C(\C(=O)N[C@@H]1C(=O)N2C(C(=O)O)=C(/C=C3/CCN(c4ccccn4)C3=O)CC[C@H]12)c1csc(N)n1. The Balaban J connectivity index is 1.35. The molecule has 0 saturated carbocycles. The summed E-state index contributed by atoms with van der Waals surface area (Å²) < 4.78 is 0. The second-order valence-corrected chi connectivity index (χ2v) is 9.99. The van der Waals surface area contributed by atoms with Gasteiger partial charge in [-0.05, 0) is 43.0 Å². The molecule has 5 rings (SSSR count). The van der Waals surface area contributed by atoms with Crippen molar-refractivity contribution in [2.75, 3.05) is 17.2 Å². The highest BCUT2D eigenvalue weighted by Crippen LogP contribution is 2.38. The van der Waals surface area contributed by atoms with Crippen LogP contribution in [0.15, 0.2) is 57.9 Å². The first-order valence-corrected chi connectivity index (χ1v) is 13.0. The van der Waals surface area contributed by atoms with Crippen molar-refractivity contribution >= 4 is 57.7 Å². The molecule has 2 aromatic heterocycles. The van der Waals surface area contributed by atoms with Gasteiger partial charge in [0.2, 0.25) is 0 Å². The molecule has 0 spiro atoms. The fourth-order valence-corrected chi connectivity index (χ4v) is 5.39. The van der Waals surface area contributed by atoms with Crippen LogP contribution in [0, 0.1) is 0 Å². The second-order valence-electron chi connectivity index (χ2n) is 9.10. The Morgan fingerprint density at radius 3 is 2.73 bits per heavy atom. The first-order valence-electron chi connectivity index (χ1n) is 12.2. The molecule has 2 saturated heterocycles. The average molecular weight is 566 g/mol. The van der Waals surface area contributed by atoms with Gasteiger partial charge < -0.3 is 21.0 Å². The number of amides is 3. The number of oxime groups is 1. The molecular formula is C25H23N7O7S. The van der Waals surface area contributed by atoms with Gasteiger partial charge in [-0.2, -0.15) is 0 Å². The van der Waals surface area contributed by atoms with E-state index in [4.69, 9.17) is 5.73 Å². The van der Waals surface area contributed by atoms with Crippen LogP contribution in [0.25, 0.3) is 0 Å². The number of aromatic nitrogens is 2. The monoisotopic (exact) mass is 565 g/mol. The Morgan fingerprint density at radius 1 is 1.27 bits per heavy atom. The van der Waals surface area contributed by atoms with Crippen LogP contribution in [0.1, 0.15) is 31.9 Å². The fourth-order valence-electron chi connectivity index (χ4n) is 4.84. The molecule has 14 nitrogen and oxygen atoms in total. The molecule has 15 heteroatoms. The van der Waals surface area contributed by atoms with Gasteiger partial charge in [-0.3, -0.25) is 24.2 Å². The number of hydrogen-bond donors (Lipinski definition) is 3. The van der Waals surface area contributed by atoms with Crippen molar-refractivity contribution < 1.29 is 33.9 Å². The maximum Gasteiger partial charge on any atom is 0.352 e. The van der Waals surface area contributed by atoms with E-state index in [-0.39, 0.29) is 34.6 Å². The Hall–Kier alpha value is -4.92. The summed E-state index contributed by atoms with van der Waals surface area (Å²) in [5.74, 6) is -3.35. The number of hydrogen-bond acceptors (Lipinski definition) is 11. The highest BCUT2D eigenvalue weighted by molar-refractivity contribution is 7.13. The van der Waals surface area contributed by atoms with Crippen LogP contribution in [-0.4, -0.2) is 74.0 Å². The molecule has 0 aliphatic carbocycles. The zero-order valence-corrected chi connectivity index (χ0v) is 21.9. The number of allylic oxidation sites excluding steroid dienone is 2. The number of thiazole rings is 1. The van der Waals surface area contributed by atoms with Crippen molar-refractivity contribution in [3.63, 3.8) is 0 Å². The molecular weight excluding hydrogens is 542 g/mol. The number of fused-ring (bicyclic) bond motifs is 1. The summed E-state index contributed by atoms with van der Waals surface area (Å²) in [6.07, 6.45) is 4.12. The first kappa shape index (κ1) is 26.7. The number of nitrogens with zero attached hydrogens (tertiary/aromatic N) is 5. The summed E-state index contributed by atoms with van der Waals surface area (Å²) in [6, 6.07) is 3.55.